The molecule has 18 heavy (non-hydrogen) atoms. The largest absolute Gasteiger partial charge is 0.392 e. The molecule has 5 heteroatoms. The molecule has 1 saturated carbocycles. The number of sulfone groups is 1. The van der Waals surface area contributed by atoms with E-state index in [9.17, 15) is 17.9 Å². The molecule has 1 aromatic carbocycles. The van der Waals surface area contributed by atoms with E-state index < -0.39 is 27.0 Å². The Morgan fingerprint density at radius 2 is 1.94 bits per heavy atom. The van der Waals surface area contributed by atoms with Gasteiger partial charge >= 0.3 is 0 Å². The maximum atomic E-state index is 13.6. The molecule has 3 unspecified atom stereocenters. The van der Waals surface area contributed by atoms with E-state index in [0.29, 0.717) is 12.8 Å². The van der Waals surface area contributed by atoms with Crippen LogP contribution in [0.5, 0.6) is 0 Å². The number of rotatable bonds is 2. The topological polar surface area (TPSA) is 54.4 Å². The van der Waals surface area contributed by atoms with Gasteiger partial charge < -0.3 is 5.11 Å². The van der Waals surface area contributed by atoms with E-state index in [-0.39, 0.29) is 10.8 Å². The van der Waals surface area contributed by atoms with E-state index >= 15 is 0 Å². The van der Waals surface area contributed by atoms with Gasteiger partial charge in [0.15, 0.2) is 9.84 Å². The maximum absolute atomic E-state index is 13.6. The third kappa shape index (κ3) is 2.42. The average Bonchev–Trinajstić information content (AvgIpc) is 2.32. The van der Waals surface area contributed by atoms with Gasteiger partial charge in [0.1, 0.15) is 10.7 Å². The summed E-state index contributed by atoms with van der Waals surface area (Å²) in [4.78, 5) is -0.303. The Bertz CT molecular complexity index is 527. The van der Waals surface area contributed by atoms with E-state index in [1.54, 1.807) is 0 Å². The molecule has 3 atom stereocenters. The molecule has 0 aromatic heterocycles. The summed E-state index contributed by atoms with van der Waals surface area (Å²) in [5, 5.41) is 8.98. The van der Waals surface area contributed by atoms with Crippen molar-refractivity contribution < 1.29 is 17.9 Å². The second-order valence-corrected chi connectivity index (χ2v) is 7.13. The third-order valence-corrected chi connectivity index (χ3v) is 5.81. The number of benzene rings is 1. The van der Waals surface area contributed by atoms with Crippen LogP contribution in [0.4, 0.5) is 4.39 Å². The first-order chi connectivity index (χ1) is 8.43. The SMILES string of the molecule is CC1CCC(O)C(S(=O)(=O)c2ccccc2F)C1. The van der Waals surface area contributed by atoms with Gasteiger partial charge in [-0.15, -0.1) is 0 Å². The normalized spacial score (nSPS) is 29.2. The molecule has 100 valence electrons. The van der Waals surface area contributed by atoms with Crippen LogP contribution in [0.3, 0.4) is 0 Å². The smallest absolute Gasteiger partial charge is 0.186 e. The lowest BCUT2D eigenvalue weighted by atomic mass is 9.88. The van der Waals surface area contributed by atoms with Crippen molar-refractivity contribution in [3.8, 4) is 0 Å². The van der Waals surface area contributed by atoms with Crippen molar-refractivity contribution in [2.75, 3.05) is 0 Å². The molecule has 1 fully saturated rings. The van der Waals surface area contributed by atoms with Crippen LogP contribution < -0.4 is 0 Å². The number of hydrogen-bond donors (Lipinski definition) is 1. The summed E-state index contributed by atoms with van der Waals surface area (Å²) in [6.07, 6.45) is 0.757. The highest BCUT2D eigenvalue weighted by atomic mass is 32.2. The lowest BCUT2D eigenvalue weighted by molar-refractivity contribution is 0.116. The Labute approximate surface area is 107 Å². The maximum Gasteiger partial charge on any atom is 0.186 e. The Hall–Kier alpha value is -0.940. The predicted molar refractivity (Wildman–Crippen MR) is 66.4 cm³/mol. The molecule has 1 aromatic rings. The highest BCUT2D eigenvalue weighted by Gasteiger charge is 2.38. The van der Waals surface area contributed by atoms with Crippen LogP contribution >= 0.6 is 0 Å². The number of halogens is 1. The van der Waals surface area contributed by atoms with E-state index in [4.69, 9.17) is 0 Å². The van der Waals surface area contributed by atoms with Gasteiger partial charge in [0, 0.05) is 0 Å². The van der Waals surface area contributed by atoms with Crippen molar-refractivity contribution in [3.63, 3.8) is 0 Å². The molecule has 3 nitrogen and oxygen atoms in total. The summed E-state index contributed by atoms with van der Waals surface area (Å²) in [6, 6.07) is 5.34. The van der Waals surface area contributed by atoms with Crippen LogP contribution in [0.1, 0.15) is 26.2 Å². The van der Waals surface area contributed by atoms with Gasteiger partial charge in [0.2, 0.25) is 0 Å². The standard InChI is InChI=1S/C13H17FO3S/c1-9-6-7-11(15)13(8-9)18(16,17)12-5-3-2-4-10(12)14/h2-5,9,11,13,15H,6-8H2,1H3. The van der Waals surface area contributed by atoms with Gasteiger partial charge in [-0.2, -0.15) is 0 Å². The van der Waals surface area contributed by atoms with Crippen LogP contribution in [0, 0.1) is 11.7 Å². The minimum atomic E-state index is -3.80. The van der Waals surface area contributed by atoms with Gasteiger partial charge in [-0.25, -0.2) is 12.8 Å². The highest BCUT2D eigenvalue weighted by molar-refractivity contribution is 7.92. The van der Waals surface area contributed by atoms with Crippen LogP contribution in [0.15, 0.2) is 29.2 Å². The van der Waals surface area contributed by atoms with Crippen LogP contribution in [0.2, 0.25) is 0 Å². The minimum absolute atomic E-state index is 0.236. The Balaban J connectivity index is 2.39. The number of aliphatic hydroxyl groups is 1. The van der Waals surface area contributed by atoms with E-state index in [0.717, 1.165) is 12.5 Å². The third-order valence-electron chi connectivity index (χ3n) is 3.56. The van der Waals surface area contributed by atoms with Gasteiger partial charge in [-0.05, 0) is 37.3 Å². The molecule has 1 aliphatic carbocycles. The number of hydrogen-bond acceptors (Lipinski definition) is 3. The van der Waals surface area contributed by atoms with E-state index in [1.807, 2.05) is 6.92 Å². The first kappa shape index (κ1) is 13.5. The van der Waals surface area contributed by atoms with Crippen molar-refractivity contribution in [2.24, 2.45) is 5.92 Å². The zero-order valence-electron chi connectivity index (χ0n) is 10.2. The molecular formula is C13H17FO3S. The molecule has 0 bridgehead atoms. The van der Waals surface area contributed by atoms with Crippen molar-refractivity contribution in [3.05, 3.63) is 30.1 Å². The summed E-state index contributed by atoms with van der Waals surface area (Å²) < 4.78 is 38.3. The number of aliphatic hydroxyl groups excluding tert-OH is 1. The molecule has 0 saturated heterocycles. The van der Waals surface area contributed by atoms with Gasteiger partial charge in [-0.1, -0.05) is 19.1 Å². The Kier molecular flexibility index (Phi) is 3.73. The predicted octanol–water partition coefficient (Wildman–Crippen LogP) is 2.15. The van der Waals surface area contributed by atoms with Gasteiger partial charge in [0.05, 0.1) is 11.4 Å². The molecular weight excluding hydrogens is 255 g/mol. The van der Waals surface area contributed by atoms with Gasteiger partial charge in [-0.3, -0.25) is 0 Å². The van der Waals surface area contributed by atoms with Crippen LogP contribution in [0.25, 0.3) is 0 Å². The summed E-state index contributed by atoms with van der Waals surface area (Å²) in [5.41, 5.74) is 0. The van der Waals surface area contributed by atoms with Crippen molar-refractivity contribution in [1.29, 1.82) is 0 Å². The fourth-order valence-electron chi connectivity index (χ4n) is 2.48. The Morgan fingerprint density at radius 3 is 2.61 bits per heavy atom. The van der Waals surface area contributed by atoms with Crippen LogP contribution in [-0.2, 0) is 9.84 Å². The highest BCUT2D eigenvalue weighted by Crippen LogP contribution is 2.32. The monoisotopic (exact) mass is 272 g/mol. The summed E-state index contributed by atoms with van der Waals surface area (Å²) in [7, 11) is -3.80. The van der Waals surface area contributed by atoms with Gasteiger partial charge in [0.25, 0.3) is 0 Å². The van der Waals surface area contributed by atoms with E-state index in [2.05, 4.69) is 0 Å². The molecule has 0 radical (unpaired) electrons. The molecule has 0 heterocycles. The fraction of sp³-hybridized carbons (Fsp3) is 0.538. The molecule has 0 amide bonds. The molecule has 1 aliphatic rings. The quantitative estimate of drug-likeness (QED) is 0.897. The molecule has 1 N–H and O–H groups in total. The second-order valence-electron chi connectivity index (χ2n) is 5.00. The second kappa shape index (κ2) is 4.97. The summed E-state index contributed by atoms with van der Waals surface area (Å²) in [5.74, 6) is -0.511. The van der Waals surface area contributed by atoms with Crippen molar-refractivity contribution >= 4 is 9.84 Å². The minimum Gasteiger partial charge on any atom is -0.392 e. The fourth-order valence-corrected chi connectivity index (χ4v) is 4.55. The van der Waals surface area contributed by atoms with Crippen LogP contribution in [-0.4, -0.2) is 24.9 Å². The Morgan fingerprint density at radius 1 is 1.28 bits per heavy atom. The first-order valence-corrected chi connectivity index (χ1v) is 7.64. The molecule has 0 spiro atoms. The van der Waals surface area contributed by atoms with Crippen molar-refractivity contribution in [1.82, 2.24) is 0 Å². The van der Waals surface area contributed by atoms with Crippen molar-refractivity contribution in [2.45, 2.75) is 42.4 Å². The lowest BCUT2D eigenvalue weighted by Gasteiger charge is -2.31. The van der Waals surface area contributed by atoms with E-state index in [1.165, 1.54) is 18.2 Å². The average molecular weight is 272 g/mol. The zero-order chi connectivity index (χ0) is 13.3. The lowest BCUT2D eigenvalue weighted by Crippen LogP contribution is -2.39. The first-order valence-electron chi connectivity index (χ1n) is 6.09. The zero-order valence-corrected chi connectivity index (χ0v) is 11.0. The summed E-state index contributed by atoms with van der Waals surface area (Å²) >= 11 is 0. The summed E-state index contributed by atoms with van der Waals surface area (Å²) in [6.45, 7) is 1.95. The molecule has 0 aliphatic heterocycles. The molecule has 2 rings (SSSR count).